The average molecular weight is 153 g/mol. The Morgan fingerprint density at radius 1 is 1.73 bits per heavy atom. The highest BCUT2D eigenvalue weighted by Crippen LogP contribution is 2.35. The molecule has 0 aromatic carbocycles. The van der Waals surface area contributed by atoms with E-state index in [2.05, 4.69) is 11.2 Å². The van der Waals surface area contributed by atoms with Crippen molar-refractivity contribution in [2.24, 2.45) is 0 Å². The lowest BCUT2D eigenvalue weighted by Gasteiger charge is -2.09. The van der Waals surface area contributed by atoms with E-state index in [9.17, 15) is 4.79 Å². The van der Waals surface area contributed by atoms with Crippen molar-refractivity contribution in [3.05, 3.63) is 0 Å². The summed E-state index contributed by atoms with van der Waals surface area (Å²) in [5.74, 6) is 1.70. The van der Waals surface area contributed by atoms with E-state index in [0.717, 1.165) is 12.8 Å². The molecule has 3 heteroatoms. The van der Waals surface area contributed by atoms with Crippen molar-refractivity contribution in [2.75, 3.05) is 6.54 Å². The van der Waals surface area contributed by atoms with Crippen molar-refractivity contribution in [1.82, 2.24) is 5.32 Å². The number of carboxylic acid groups (broad SMARTS) is 1. The van der Waals surface area contributed by atoms with Gasteiger partial charge in [0.05, 0.1) is 0 Å². The molecule has 0 amide bonds. The van der Waals surface area contributed by atoms with E-state index >= 15 is 0 Å². The fourth-order valence-corrected chi connectivity index (χ4v) is 0.965. The molecule has 1 saturated carbocycles. The molecule has 1 fully saturated rings. The molecule has 0 aromatic heterocycles. The van der Waals surface area contributed by atoms with Crippen LogP contribution in [0.3, 0.4) is 0 Å². The summed E-state index contributed by atoms with van der Waals surface area (Å²) in [5.41, 5.74) is -0.628. The third kappa shape index (κ3) is 1.72. The van der Waals surface area contributed by atoms with Gasteiger partial charge in [0.2, 0.25) is 0 Å². The van der Waals surface area contributed by atoms with E-state index in [0.29, 0.717) is 13.0 Å². The number of terminal acetylenes is 1. The quantitative estimate of drug-likeness (QED) is 0.448. The fourth-order valence-electron chi connectivity index (χ4n) is 0.965. The third-order valence-electron chi connectivity index (χ3n) is 1.89. The highest BCUT2D eigenvalue weighted by molar-refractivity contribution is 5.82. The minimum absolute atomic E-state index is 0.592. The molecule has 1 aliphatic rings. The first-order chi connectivity index (χ1) is 5.21. The van der Waals surface area contributed by atoms with E-state index in [-0.39, 0.29) is 0 Å². The second-order valence-corrected chi connectivity index (χ2v) is 2.77. The molecule has 1 aliphatic carbocycles. The van der Waals surface area contributed by atoms with E-state index < -0.39 is 11.5 Å². The van der Waals surface area contributed by atoms with E-state index in [1.165, 1.54) is 0 Å². The Kier molecular flexibility index (Phi) is 2.16. The van der Waals surface area contributed by atoms with Gasteiger partial charge in [-0.3, -0.25) is 4.79 Å². The first-order valence-corrected chi connectivity index (χ1v) is 3.63. The standard InChI is InChI=1S/C8H11NO2/c1-2-3-6-9-8(4-5-8)7(10)11/h1,9H,3-6H2,(H,10,11). The van der Waals surface area contributed by atoms with Gasteiger partial charge in [0.25, 0.3) is 0 Å². The molecule has 0 atom stereocenters. The Hall–Kier alpha value is -1.01. The second kappa shape index (κ2) is 2.93. The largest absolute Gasteiger partial charge is 0.480 e. The Bertz CT molecular complexity index is 201. The molecule has 1 rings (SSSR count). The van der Waals surface area contributed by atoms with Gasteiger partial charge in [-0.15, -0.1) is 12.3 Å². The van der Waals surface area contributed by atoms with Gasteiger partial charge >= 0.3 is 5.97 Å². The van der Waals surface area contributed by atoms with Gasteiger partial charge in [-0.1, -0.05) is 0 Å². The van der Waals surface area contributed by atoms with Crippen LogP contribution in [0.2, 0.25) is 0 Å². The van der Waals surface area contributed by atoms with Crippen LogP contribution < -0.4 is 5.32 Å². The number of carbonyl (C=O) groups is 1. The van der Waals surface area contributed by atoms with Crippen molar-refractivity contribution < 1.29 is 9.90 Å². The van der Waals surface area contributed by atoms with Gasteiger partial charge in [0.15, 0.2) is 0 Å². The minimum atomic E-state index is -0.755. The van der Waals surface area contributed by atoms with E-state index in [1.807, 2.05) is 0 Å². The van der Waals surface area contributed by atoms with Crippen LogP contribution in [0, 0.1) is 12.3 Å². The molecule has 0 unspecified atom stereocenters. The van der Waals surface area contributed by atoms with Crippen molar-refractivity contribution >= 4 is 5.97 Å². The summed E-state index contributed by atoms with van der Waals surface area (Å²) in [6.45, 7) is 0.600. The molecule has 0 heterocycles. The van der Waals surface area contributed by atoms with Crippen LogP contribution in [-0.4, -0.2) is 23.2 Å². The highest BCUT2D eigenvalue weighted by atomic mass is 16.4. The van der Waals surface area contributed by atoms with Crippen molar-refractivity contribution in [2.45, 2.75) is 24.8 Å². The maximum atomic E-state index is 10.6. The predicted octanol–water partition coefficient (Wildman–Crippen LogP) is 0.216. The van der Waals surface area contributed by atoms with Gasteiger partial charge in [0, 0.05) is 13.0 Å². The molecule has 0 aromatic rings. The maximum absolute atomic E-state index is 10.6. The van der Waals surface area contributed by atoms with Crippen LogP contribution in [-0.2, 0) is 4.79 Å². The molecule has 0 radical (unpaired) electrons. The summed E-state index contributed by atoms with van der Waals surface area (Å²) < 4.78 is 0. The number of hydrogen-bond acceptors (Lipinski definition) is 2. The summed E-state index contributed by atoms with van der Waals surface area (Å²) in [4.78, 5) is 10.6. The van der Waals surface area contributed by atoms with E-state index in [1.54, 1.807) is 0 Å². The van der Waals surface area contributed by atoms with Crippen LogP contribution >= 0.6 is 0 Å². The van der Waals surface area contributed by atoms with Crippen molar-refractivity contribution in [3.63, 3.8) is 0 Å². The molecular formula is C8H11NO2. The van der Waals surface area contributed by atoms with Crippen molar-refractivity contribution in [1.29, 1.82) is 0 Å². The summed E-state index contributed by atoms with van der Waals surface area (Å²) in [7, 11) is 0. The molecule has 0 saturated heterocycles. The van der Waals surface area contributed by atoms with Crippen LogP contribution in [0.4, 0.5) is 0 Å². The Morgan fingerprint density at radius 2 is 2.36 bits per heavy atom. The average Bonchev–Trinajstić information content (AvgIpc) is 2.70. The molecule has 11 heavy (non-hydrogen) atoms. The zero-order valence-corrected chi connectivity index (χ0v) is 6.26. The van der Waals surface area contributed by atoms with Gasteiger partial charge in [0.1, 0.15) is 5.54 Å². The Balaban J connectivity index is 2.26. The number of carboxylic acids is 1. The Morgan fingerprint density at radius 3 is 2.73 bits per heavy atom. The van der Waals surface area contributed by atoms with Crippen LogP contribution in [0.1, 0.15) is 19.3 Å². The van der Waals surface area contributed by atoms with Crippen LogP contribution in [0.5, 0.6) is 0 Å². The summed E-state index contributed by atoms with van der Waals surface area (Å²) in [6.07, 6.45) is 7.07. The van der Waals surface area contributed by atoms with Gasteiger partial charge in [-0.2, -0.15) is 0 Å². The number of aliphatic carboxylic acids is 1. The first kappa shape index (κ1) is 8.09. The molecule has 0 spiro atoms. The summed E-state index contributed by atoms with van der Waals surface area (Å²) >= 11 is 0. The molecule has 0 bridgehead atoms. The lowest BCUT2D eigenvalue weighted by atomic mass is 10.2. The van der Waals surface area contributed by atoms with E-state index in [4.69, 9.17) is 11.5 Å². The number of rotatable bonds is 4. The topological polar surface area (TPSA) is 49.3 Å². The molecule has 2 N–H and O–H groups in total. The lowest BCUT2D eigenvalue weighted by molar-refractivity contribution is -0.140. The number of hydrogen-bond donors (Lipinski definition) is 2. The fraction of sp³-hybridized carbons (Fsp3) is 0.625. The Labute approximate surface area is 65.8 Å². The van der Waals surface area contributed by atoms with Gasteiger partial charge in [-0.25, -0.2) is 0 Å². The highest BCUT2D eigenvalue weighted by Gasteiger charge is 2.49. The van der Waals surface area contributed by atoms with Crippen molar-refractivity contribution in [3.8, 4) is 12.3 Å². The van der Waals surface area contributed by atoms with Gasteiger partial charge in [-0.05, 0) is 12.8 Å². The van der Waals surface area contributed by atoms with Crippen LogP contribution in [0.15, 0.2) is 0 Å². The smallest absolute Gasteiger partial charge is 0.323 e. The lowest BCUT2D eigenvalue weighted by Crippen LogP contribution is -2.39. The third-order valence-corrected chi connectivity index (χ3v) is 1.89. The normalized spacial score (nSPS) is 18.8. The predicted molar refractivity (Wildman–Crippen MR) is 41.1 cm³/mol. The summed E-state index contributed by atoms with van der Waals surface area (Å²) in [5, 5.41) is 11.6. The van der Waals surface area contributed by atoms with Crippen LogP contribution in [0.25, 0.3) is 0 Å². The molecule has 3 nitrogen and oxygen atoms in total. The SMILES string of the molecule is C#CCCNC1(C(=O)O)CC1. The number of nitrogens with one attached hydrogen (secondary N) is 1. The molecule has 60 valence electrons. The summed E-state index contributed by atoms with van der Waals surface area (Å²) in [6, 6.07) is 0. The zero-order valence-electron chi connectivity index (χ0n) is 6.26. The minimum Gasteiger partial charge on any atom is -0.480 e. The van der Waals surface area contributed by atoms with Gasteiger partial charge < -0.3 is 10.4 Å². The monoisotopic (exact) mass is 153 g/mol. The maximum Gasteiger partial charge on any atom is 0.323 e. The zero-order chi connectivity index (χ0) is 8.32. The molecule has 0 aliphatic heterocycles. The second-order valence-electron chi connectivity index (χ2n) is 2.77. The first-order valence-electron chi connectivity index (χ1n) is 3.63. The molecular weight excluding hydrogens is 142 g/mol.